The lowest BCUT2D eigenvalue weighted by molar-refractivity contribution is -0.137. The number of aryl methyl sites for hydroxylation is 2. The number of hydrogen-bond donors (Lipinski definition) is 3. The van der Waals surface area contributed by atoms with Crippen molar-refractivity contribution in [1.29, 1.82) is 0 Å². The number of alkyl halides is 3. The van der Waals surface area contributed by atoms with Crippen LogP contribution in [0.2, 0.25) is 0 Å². The molecule has 0 aromatic heterocycles. The van der Waals surface area contributed by atoms with Gasteiger partial charge in [0.15, 0.2) is 0 Å². The van der Waals surface area contributed by atoms with Crippen LogP contribution in [0.1, 0.15) is 47.6 Å². The molecule has 1 aliphatic rings. The summed E-state index contributed by atoms with van der Waals surface area (Å²) in [5.41, 5.74) is 3.99. The van der Waals surface area contributed by atoms with Crippen LogP contribution in [0.15, 0.2) is 89.3 Å². The summed E-state index contributed by atoms with van der Waals surface area (Å²) in [6.45, 7) is 5.32. The molecule has 0 aliphatic heterocycles. The Morgan fingerprint density at radius 3 is 2.45 bits per heavy atom. The number of carbonyl (C=O) groups excluding carboxylic acids is 1. The SMILES string of the molecule is CCC(=O)N(c1ccc(C)c(C)c1)c1cc(C(F)(F)F)ccc1/C=N/Nc1cccc(C2=C(F)CC=C(C(=O)O)C=C2)c1O. The van der Waals surface area contributed by atoms with Gasteiger partial charge in [0.05, 0.1) is 28.7 Å². The Labute approximate surface area is 251 Å². The van der Waals surface area contributed by atoms with Crippen LogP contribution in [0.5, 0.6) is 5.75 Å². The van der Waals surface area contributed by atoms with E-state index in [9.17, 15) is 37.4 Å². The van der Waals surface area contributed by atoms with E-state index in [2.05, 4.69) is 10.5 Å². The molecule has 0 heterocycles. The Bertz CT molecular complexity index is 1740. The first kappa shape index (κ1) is 31.7. The lowest BCUT2D eigenvalue weighted by Gasteiger charge is -2.26. The number of nitrogens with zero attached hydrogens (tertiary/aromatic N) is 2. The molecule has 0 radical (unpaired) electrons. The van der Waals surface area contributed by atoms with Gasteiger partial charge in [0.2, 0.25) is 5.91 Å². The molecule has 3 aromatic rings. The molecule has 0 saturated heterocycles. The van der Waals surface area contributed by atoms with Crippen molar-refractivity contribution in [2.45, 2.75) is 39.8 Å². The highest BCUT2D eigenvalue weighted by Crippen LogP contribution is 2.38. The van der Waals surface area contributed by atoms with Crippen LogP contribution in [-0.2, 0) is 15.8 Å². The average Bonchev–Trinajstić information content (AvgIpc) is 3.17. The molecule has 0 fully saturated rings. The number of hydrazone groups is 1. The standard InChI is InChI=1S/C33H29F4N3O4/c1-4-30(41)40(24-13-8-19(2)20(3)16-24)29-17-23(33(35,36)37)12-9-22(29)18-38-39-28-7-5-6-26(31(28)42)25-14-10-21(32(43)44)11-15-27(25)34/h5-14,16-18,39,42H,4,15H2,1-3H3,(H,43,44)/b38-18+. The Morgan fingerprint density at radius 1 is 1.05 bits per heavy atom. The van der Waals surface area contributed by atoms with Crippen molar-refractivity contribution in [3.63, 3.8) is 0 Å². The molecule has 228 valence electrons. The Balaban J connectivity index is 1.73. The van der Waals surface area contributed by atoms with Gasteiger partial charge in [0, 0.05) is 35.2 Å². The number of benzene rings is 3. The zero-order valence-corrected chi connectivity index (χ0v) is 24.0. The van der Waals surface area contributed by atoms with Crippen molar-refractivity contribution in [2.24, 2.45) is 5.10 Å². The molecule has 44 heavy (non-hydrogen) atoms. The minimum atomic E-state index is -4.67. The summed E-state index contributed by atoms with van der Waals surface area (Å²) in [6.07, 6.45) is -0.0235. The average molecular weight is 608 g/mol. The van der Waals surface area contributed by atoms with E-state index in [1.165, 1.54) is 53.6 Å². The van der Waals surface area contributed by atoms with Gasteiger partial charge >= 0.3 is 12.1 Å². The van der Waals surface area contributed by atoms with E-state index in [0.717, 1.165) is 23.3 Å². The minimum Gasteiger partial charge on any atom is -0.505 e. The van der Waals surface area contributed by atoms with Gasteiger partial charge in [-0.2, -0.15) is 18.3 Å². The topological polar surface area (TPSA) is 102 Å². The third-order valence-corrected chi connectivity index (χ3v) is 7.08. The fourth-order valence-corrected chi connectivity index (χ4v) is 4.52. The number of carboxylic acid groups (broad SMARTS) is 1. The molecule has 0 spiro atoms. The van der Waals surface area contributed by atoms with Gasteiger partial charge in [0.25, 0.3) is 0 Å². The van der Waals surface area contributed by atoms with E-state index in [4.69, 9.17) is 0 Å². The molecule has 11 heteroatoms. The van der Waals surface area contributed by atoms with Crippen molar-refractivity contribution in [3.8, 4) is 5.75 Å². The summed E-state index contributed by atoms with van der Waals surface area (Å²) in [4.78, 5) is 25.6. The molecule has 7 nitrogen and oxygen atoms in total. The summed E-state index contributed by atoms with van der Waals surface area (Å²) in [6, 6.07) is 12.5. The number of phenolic OH excluding ortho intramolecular Hbond substituents is 1. The van der Waals surface area contributed by atoms with Crippen LogP contribution in [0.4, 0.5) is 34.6 Å². The number of carboxylic acids is 1. The van der Waals surface area contributed by atoms with Gasteiger partial charge in [-0.15, -0.1) is 0 Å². The molecule has 0 bridgehead atoms. The maximum absolute atomic E-state index is 14.9. The number of allylic oxidation sites excluding steroid dienone is 4. The summed E-state index contributed by atoms with van der Waals surface area (Å²) in [5, 5.41) is 24.2. The molecule has 3 N–H and O–H groups in total. The fraction of sp³-hybridized carbons (Fsp3) is 0.182. The number of nitrogens with one attached hydrogen (secondary N) is 1. The summed E-state index contributed by atoms with van der Waals surface area (Å²) < 4.78 is 56.1. The maximum atomic E-state index is 14.9. The third-order valence-electron chi connectivity index (χ3n) is 7.08. The summed E-state index contributed by atoms with van der Waals surface area (Å²) >= 11 is 0. The number of rotatable bonds is 8. The van der Waals surface area contributed by atoms with E-state index in [1.54, 1.807) is 25.1 Å². The largest absolute Gasteiger partial charge is 0.505 e. The Hall–Kier alpha value is -5.19. The third kappa shape index (κ3) is 6.88. The highest BCUT2D eigenvalue weighted by atomic mass is 19.4. The zero-order valence-electron chi connectivity index (χ0n) is 24.0. The Kier molecular flexibility index (Phi) is 9.37. The second-order valence-electron chi connectivity index (χ2n) is 10.0. The second-order valence-corrected chi connectivity index (χ2v) is 10.0. The lowest BCUT2D eigenvalue weighted by atomic mass is 10.0. The van der Waals surface area contributed by atoms with Crippen molar-refractivity contribution in [2.75, 3.05) is 10.3 Å². The van der Waals surface area contributed by atoms with Gasteiger partial charge in [0.1, 0.15) is 11.6 Å². The smallest absolute Gasteiger partial charge is 0.416 e. The van der Waals surface area contributed by atoms with E-state index in [-0.39, 0.29) is 52.2 Å². The van der Waals surface area contributed by atoms with Crippen LogP contribution in [0.25, 0.3) is 5.57 Å². The lowest BCUT2D eigenvalue weighted by Crippen LogP contribution is -2.26. The number of anilines is 3. The monoisotopic (exact) mass is 607 g/mol. The fourth-order valence-electron chi connectivity index (χ4n) is 4.52. The maximum Gasteiger partial charge on any atom is 0.416 e. The van der Waals surface area contributed by atoms with E-state index in [1.807, 2.05) is 13.8 Å². The molecule has 0 saturated carbocycles. The predicted molar refractivity (Wildman–Crippen MR) is 162 cm³/mol. The molecule has 3 aromatic carbocycles. The van der Waals surface area contributed by atoms with Gasteiger partial charge < -0.3 is 10.2 Å². The first-order chi connectivity index (χ1) is 20.8. The van der Waals surface area contributed by atoms with E-state index < -0.39 is 29.4 Å². The molecule has 1 amide bonds. The van der Waals surface area contributed by atoms with E-state index >= 15 is 0 Å². The number of amides is 1. The number of hydrogen-bond acceptors (Lipinski definition) is 5. The van der Waals surface area contributed by atoms with Gasteiger partial charge in [-0.1, -0.05) is 43.3 Å². The van der Waals surface area contributed by atoms with E-state index in [0.29, 0.717) is 5.69 Å². The number of para-hydroxylation sites is 1. The van der Waals surface area contributed by atoms with Crippen molar-refractivity contribution < 1.29 is 37.4 Å². The first-order valence-electron chi connectivity index (χ1n) is 13.5. The minimum absolute atomic E-state index is 0.0169. The number of halogens is 4. The predicted octanol–water partition coefficient (Wildman–Crippen LogP) is 8.20. The first-order valence-corrected chi connectivity index (χ1v) is 13.5. The van der Waals surface area contributed by atoms with Crippen molar-refractivity contribution >= 4 is 40.7 Å². The number of aliphatic carboxylic acids is 1. The van der Waals surface area contributed by atoms with Crippen molar-refractivity contribution in [3.05, 3.63) is 112 Å². The molecule has 0 atom stereocenters. The number of aromatic hydroxyl groups is 1. The van der Waals surface area contributed by atoms with Crippen molar-refractivity contribution in [1.82, 2.24) is 0 Å². The highest BCUT2D eigenvalue weighted by Gasteiger charge is 2.32. The highest BCUT2D eigenvalue weighted by molar-refractivity contribution is 6.05. The summed E-state index contributed by atoms with van der Waals surface area (Å²) in [7, 11) is 0. The molecular weight excluding hydrogens is 578 g/mol. The molecule has 4 rings (SSSR count). The second kappa shape index (κ2) is 13.0. The normalized spacial score (nSPS) is 13.6. The van der Waals surface area contributed by atoms with Gasteiger partial charge in [-0.05, 0) is 61.4 Å². The Morgan fingerprint density at radius 2 is 1.80 bits per heavy atom. The number of carbonyl (C=O) groups is 2. The zero-order chi connectivity index (χ0) is 32.2. The van der Waals surface area contributed by atoms with Gasteiger partial charge in [-0.3, -0.25) is 15.1 Å². The van der Waals surface area contributed by atoms with Crippen LogP contribution >= 0.6 is 0 Å². The van der Waals surface area contributed by atoms with Crippen LogP contribution in [0.3, 0.4) is 0 Å². The molecule has 0 unspecified atom stereocenters. The van der Waals surface area contributed by atoms with Crippen LogP contribution in [-0.4, -0.2) is 28.3 Å². The quantitative estimate of drug-likeness (QED) is 0.104. The molecule has 1 aliphatic carbocycles. The number of phenols is 1. The van der Waals surface area contributed by atoms with Gasteiger partial charge in [-0.25, -0.2) is 9.18 Å². The van der Waals surface area contributed by atoms with Crippen LogP contribution < -0.4 is 10.3 Å². The molecular formula is C33H29F4N3O4. The van der Waals surface area contributed by atoms with Crippen LogP contribution in [0, 0.1) is 13.8 Å². The summed E-state index contributed by atoms with van der Waals surface area (Å²) in [5.74, 6) is -2.70.